The van der Waals surface area contributed by atoms with Crippen LogP contribution in [0.5, 0.6) is 5.75 Å². The fraction of sp³-hybridized carbons (Fsp3) is 0.500. The maximum atomic E-state index is 15.0. The normalized spacial score (nSPS) is 23.6. The number of likely N-dealkylation sites (N-methyl/N-ethyl adjacent to an activating group) is 1. The predicted octanol–water partition coefficient (Wildman–Crippen LogP) is 2.56. The Hall–Kier alpha value is -1.08. The summed E-state index contributed by atoms with van der Waals surface area (Å²) in [6.45, 7) is 5.22. The van der Waals surface area contributed by atoms with Crippen LogP contribution in [0.3, 0.4) is 0 Å². The summed E-state index contributed by atoms with van der Waals surface area (Å²) in [4.78, 5) is 17.4. The number of hydrogen-bond donors (Lipinski definition) is 2. The Morgan fingerprint density at radius 3 is 2.48 bits per heavy atom. The first-order chi connectivity index (χ1) is 13.8. The second-order valence-electron chi connectivity index (χ2n) is 7.17. The van der Waals surface area contributed by atoms with Crippen molar-refractivity contribution in [3.8, 4) is 5.75 Å². The van der Waals surface area contributed by atoms with Crippen molar-refractivity contribution in [3.63, 3.8) is 0 Å². The third-order valence-electron chi connectivity index (χ3n) is 5.35. The van der Waals surface area contributed by atoms with Crippen LogP contribution in [0.2, 0.25) is 0 Å². The molecule has 0 aromatic heterocycles. The van der Waals surface area contributed by atoms with E-state index in [1.807, 2.05) is 18.9 Å². The molecule has 3 aliphatic heterocycles. The zero-order valence-electron chi connectivity index (χ0n) is 15.8. The predicted molar refractivity (Wildman–Crippen MR) is 106 cm³/mol. The van der Waals surface area contributed by atoms with E-state index in [1.165, 1.54) is 12.3 Å². The molecule has 0 spiro atoms. The quantitative estimate of drug-likeness (QED) is 0.559. The van der Waals surface area contributed by atoms with Crippen LogP contribution in [0.15, 0.2) is 17.8 Å². The molecular formula is C18H22Cl2FN3O4Pd. The van der Waals surface area contributed by atoms with E-state index in [-0.39, 0.29) is 33.1 Å². The minimum absolute atomic E-state index is 0.106. The number of hydrogen-bond acceptors (Lipinski definition) is 6. The number of aliphatic carboxylic acids is 1. The maximum absolute atomic E-state index is 15.0. The van der Waals surface area contributed by atoms with Gasteiger partial charge in [-0.1, -0.05) is 0 Å². The molecule has 4 rings (SSSR count). The topological polar surface area (TPSA) is 76.5 Å². The SMILES string of the molecule is C[C@H]1COc2c(N3CCN(C)CC3)c(F)cc3c2N1C=C(C(=O)O)C3O.[Cl][Pd][Cl]. The van der Waals surface area contributed by atoms with Crippen LogP contribution in [0, 0.1) is 5.82 Å². The van der Waals surface area contributed by atoms with Gasteiger partial charge in [-0.3, -0.25) is 0 Å². The Bertz CT molecular complexity index is 821. The second kappa shape index (κ2) is 9.38. The number of anilines is 2. The molecule has 1 fully saturated rings. The summed E-state index contributed by atoms with van der Waals surface area (Å²) in [6, 6.07) is 1.13. The van der Waals surface area contributed by atoms with Crippen LogP contribution in [0.25, 0.3) is 0 Å². The van der Waals surface area contributed by atoms with Crippen molar-refractivity contribution in [2.45, 2.75) is 19.1 Å². The fourth-order valence-electron chi connectivity index (χ4n) is 3.82. The summed E-state index contributed by atoms with van der Waals surface area (Å²) in [6.07, 6.45) is 0.0555. The first-order valence-electron chi connectivity index (χ1n) is 8.96. The van der Waals surface area contributed by atoms with Gasteiger partial charge < -0.3 is 29.6 Å². The first-order valence-corrected chi connectivity index (χ1v) is 13.0. The standard InChI is InChI=1S/C18H22FN3O4.2ClH.Pd/c1-10-9-26-17-14-11(16(23)12(18(24)25)8-22(10)14)7-13(19)15(17)21-5-3-20(2)4-6-21;;;/h7-8,10,16,23H,3-6,9H2,1-2H3,(H,24,25);2*1H;/q;;;+2/p-2/t10-,16?;;;/m0.../s1. The summed E-state index contributed by atoms with van der Waals surface area (Å²) in [5.74, 6) is -1.32. The number of carboxylic acids is 1. The molecular weight excluding hydrogens is 519 g/mol. The van der Waals surface area contributed by atoms with E-state index >= 15 is 4.39 Å². The van der Waals surface area contributed by atoms with E-state index < -0.39 is 17.9 Å². The van der Waals surface area contributed by atoms with Crippen LogP contribution in [-0.4, -0.2) is 67.0 Å². The van der Waals surface area contributed by atoms with Crippen molar-refractivity contribution in [1.82, 2.24) is 4.90 Å². The van der Waals surface area contributed by atoms with Crippen LogP contribution in [-0.2, 0) is 20.7 Å². The van der Waals surface area contributed by atoms with Crippen molar-refractivity contribution >= 4 is 36.4 Å². The molecule has 3 heterocycles. The van der Waals surface area contributed by atoms with Crippen molar-refractivity contribution in [2.24, 2.45) is 0 Å². The summed E-state index contributed by atoms with van der Waals surface area (Å²) in [5, 5.41) is 19.9. The first kappa shape index (κ1) is 22.6. The van der Waals surface area contributed by atoms with E-state index in [1.54, 1.807) is 4.90 Å². The fourth-order valence-corrected chi connectivity index (χ4v) is 3.82. The van der Waals surface area contributed by atoms with E-state index in [0.717, 1.165) is 13.1 Å². The number of piperazine rings is 1. The van der Waals surface area contributed by atoms with Crippen molar-refractivity contribution in [2.75, 3.05) is 49.6 Å². The van der Waals surface area contributed by atoms with Crippen LogP contribution >= 0.6 is 19.1 Å². The number of nitrogens with zero attached hydrogens (tertiary/aromatic N) is 3. The Morgan fingerprint density at radius 1 is 1.28 bits per heavy atom. The molecule has 29 heavy (non-hydrogen) atoms. The van der Waals surface area contributed by atoms with Crippen molar-refractivity contribution in [3.05, 3.63) is 29.2 Å². The number of carbonyl (C=O) groups is 1. The number of aliphatic hydroxyl groups is 1. The monoisotopic (exact) mass is 539 g/mol. The third kappa shape index (κ3) is 4.36. The van der Waals surface area contributed by atoms with Gasteiger partial charge in [0.25, 0.3) is 0 Å². The van der Waals surface area contributed by atoms with Gasteiger partial charge >= 0.3 is 41.0 Å². The van der Waals surface area contributed by atoms with Gasteiger partial charge in [0.15, 0.2) is 11.6 Å². The average molecular weight is 541 g/mol. The molecule has 1 aromatic carbocycles. The van der Waals surface area contributed by atoms with Gasteiger partial charge in [0.2, 0.25) is 0 Å². The van der Waals surface area contributed by atoms with Gasteiger partial charge in [-0.15, -0.1) is 0 Å². The number of carboxylic acid groups (broad SMARTS) is 1. The molecule has 11 heteroatoms. The number of rotatable bonds is 2. The summed E-state index contributed by atoms with van der Waals surface area (Å²) < 4.78 is 20.9. The van der Waals surface area contributed by atoms with Gasteiger partial charge in [-0.05, 0) is 20.0 Å². The zero-order chi connectivity index (χ0) is 21.3. The molecule has 3 aliphatic rings. The summed E-state index contributed by atoms with van der Waals surface area (Å²) in [5.41, 5.74) is 1.04. The Kier molecular flexibility index (Phi) is 7.31. The van der Waals surface area contributed by atoms with Gasteiger partial charge in [-0.2, -0.15) is 0 Å². The minimum atomic E-state index is -1.39. The van der Waals surface area contributed by atoms with Crippen molar-refractivity contribution < 1.29 is 40.1 Å². The molecule has 0 saturated carbocycles. The van der Waals surface area contributed by atoms with Crippen LogP contribution in [0.1, 0.15) is 18.6 Å². The number of halogens is 3. The molecule has 7 nitrogen and oxygen atoms in total. The van der Waals surface area contributed by atoms with E-state index in [0.29, 0.717) is 36.8 Å². The van der Waals surface area contributed by atoms with Gasteiger partial charge in [0.1, 0.15) is 18.4 Å². The van der Waals surface area contributed by atoms with Crippen molar-refractivity contribution in [1.29, 1.82) is 0 Å². The molecule has 0 amide bonds. The zero-order valence-corrected chi connectivity index (χ0v) is 18.9. The average Bonchev–Trinajstić information content (AvgIpc) is 2.67. The Labute approximate surface area is 184 Å². The Morgan fingerprint density at radius 2 is 1.90 bits per heavy atom. The van der Waals surface area contributed by atoms with Crippen LogP contribution < -0.4 is 14.5 Å². The molecule has 2 N–H and O–H groups in total. The summed E-state index contributed by atoms with van der Waals surface area (Å²) in [7, 11) is 11.7. The molecule has 0 aliphatic carbocycles. The molecule has 164 valence electrons. The second-order valence-corrected chi connectivity index (χ2v) is 9.53. The number of ether oxygens (including phenoxy) is 1. The van der Waals surface area contributed by atoms with Gasteiger partial charge in [-0.25, -0.2) is 9.18 Å². The van der Waals surface area contributed by atoms with Gasteiger partial charge in [0, 0.05) is 37.9 Å². The van der Waals surface area contributed by atoms with E-state index in [4.69, 9.17) is 23.8 Å². The number of benzene rings is 1. The molecule has 1 unspecified atom stereocenters. The number of aliphatic hydroxyl groups excluding tert-OH is 1. The molecule has 0 bridgehead atoms. The van der Waals surface area contributed by atoms with E-state index in [9.17, 15) is 15.0 Å². The van der Waals surface area contributed by atoms with Gasteiger partial charge in [0.05, 0.1) is 17.3 Å². The van der Waals surface area contributed by atoms with Crippen LogP contribution in [0.4, 0.5) is 15.8 Å². The molecule has 0 radical (unpaired) electrons. The molecule has 1 aromatic rings. The summed E-state index contributed by atoms with van der Waals surface area (Å²) >= 11 is -0.106. The third-order valence-corrected chi connectivity index (χ3v) is 5.35. The van der Waals surface area contributed by atoms with E-state index in [2.05, 4.69) is 4.90 Å². The Balaban J connectivity index is 0.000000755. The molecule has 1 saturated heterocycles. The molecule has 2 atom stereocenters.